The first-order chi connectivity index (χ1) is 11.9. The number of nitrogens with two attached hydrogens (primary N) is 1. The van der Waals surface area contributed by atoms with E-state index in [1.165, 1.54) is 11.8 Å². The van der Waals surface area contributed by atoms with Gasteiger partial charge in [0, 0.05) is 45.7 Å². The van der Waals surface area contributed by atoms with E-state index < -0.39 is 11.9 Å². The first kappa shape index (κ1) is 18.8. The van der Waals surface area contributed by atoms with Gasteiger partial charge in [-0.15, -0.1) is 0 Å². The average molecular weight is 346 g/mol. The number of para-hydroxylation sites is 1. The summed E-state index contributed by atoms with van der Waals surface area (Å²) in [5, 5.41) is 0. The molecule has 0 aliphatic carbocycles. The molecule has 0 spiro atoms. The minimum absolute atomic E-state index is 0.00378. The first-order valence-electron chi connectivity index (χ1n) is 8.50. The van der Waals surface area contributed by atoms with Gasteiger partial charge in [-0.1, -0.05) is 18.2 Å². The minimum Gasteiger partial charge on any atom is -0.375 e. The predicted octanol–water partition coefficient (Wildman–Crippen LogP) is 0.448. The highest BCUT2D eigenvalue weighted by atomic mass is 16.2. The van der Waals surface area contributed by atoms with Crippen molar-refractivity contribution in [1.82, 2.24) is 9.80 Å². The fraction of sp³-hybridized carbons (Fsp3) is 0.500. The molecule has 2 rings (SSSR count). The minimum atomic E-state index is -0.734. The van der Waals surface area contributed by atoms with E-state index in [-0.39, 0.29) is 18.4 Å². The van der Waals surface area contributed by atoms with Crippen molar-refractivity contribution in [2.75, 3.05) is 38.1 Å². The molecule has 0 aromatic heterocycles. The maximum absolute atomic E-state index is 12.4. The molecule has 1 heterocycles. The lowest BCUT2D eigenvalue weighted by atomic mass is 10.1. The standard InChI is InChI=1S/C18H26N4O3/c1-14(23)22-12-11-21(13-16(22)18(19)25)17(24)9-6-10-20(2)15-7-4-3-5-8-15/h3-5,7-8,16H,6,9-13H2,1-2H3,(H2,19,25). The number of benzene rings is 1. The Morgan fingerprint density at radius 3 is 2.48 bits per heavy atom. The number of primary amides is 1. The topological polar surface area (TPSA) is 87.0 Å². The van der Waals surface area contributed by atoms with E-state index >= 15 is 0 Å². The third-order valence-electron chi connectivity index (χ3n) is 4.55. The molecule has 7 nitrogen and oxygen atoms in total. The zero-order valence-corrected chi connectivity index (χ0v) is 14.9. The number of nitrogens with zero attached hydrogens (tertiary/aromatic N) is 3. The summed E-state index contributed by atoms with van der Waals surface area (Å²) in [4.78, 5) is 40.8. The molecular formula is C18H26N4O3. The lowest BCUT2D eigenvalue weighted by Gasteiger charge is -2.39. The summed E-state index contributed by atoms with van der Waals surface area (Å²) in [5.74, 6) is -0.771. The fourth-order valence-electron chi connectivity index (χ4n) is 3.07. The molecule has 1 aliphatic rings. The van der Waals surface area contributed by atoms with Gasteiger partial charge in [-0.25, -0.2) is 0 Å². The van der Waals surface area contributed by atoms with Crippen LogP contribution in [-0.2, 0) is 14.4 Å². The Morgan fingerprint density at radius 1 is 1.20 bits per heavy atom. The normalized spacial score (nSPS) is 17.3. The molecule has 7 heteroatoms. The molecule has 0 radical (unpaired) electrons. The summed E-state index contributed by atoms with van der Waals surface area (Å²) in [6, 6.07) is 9.25. The Morgan fingerprint density at radius 2 is 1.88 bits per heavy atom. The van der Waals surface area contributed by atoms with Crippen LogP contribution in [0.4, 0.5) is 5.69 Å². The van der Waals surface area contributed by atoms with Gasteiger partial charge in [0.25, 0.3) is 0 Å². The second-order valence-electron chi connectivity index (χ2n) is 6.33. The van der Waals surface area contributed by atoms with Crippen LogP contribution in [0.15, 0.2) is 30.3 Å². The van der Waals surface area contributed by atoms with E-state index in [9.17, 15) is 14.4 Å². The maximum atomic E-state index is 12.4. The van der Waals surface area contributed by atoms with Gasteiger partial charge in [0.2, 0.25) is 17.7 Å². The zero-order chi connectivity index (χ0) is 18.4. The molecular weight excluding hydrogens is 320 g/mol. The van der Waals surface area contributed by atoms with Gasteiger partial charge in [-0.2, -0.15) is 0 Å². The molecule has 0 bridgehead atoms. The Kier molecular flexibility index (Phi) is 6.38. The SMILES string of the molecule is CC(=O)N1CCN(C(=O)CCCN(C)c2ccccc2)CC1C(N)=O. The van der Waals surface area contributed by atoms with Crippen LogP contribution < -0.4 is 10.6 Å². The second-order valence-corrected chi connectivity index (χ2v) is 6.33. The van der Waals surface area contributed by atoms with E-state index in [1.807, 2.05) is 37.4 Å². The molecule has 1 unspecified atom stereocenters. The van der Waals surface area contributed by atoms with Crippen molar-refractivity contribution in [3.8, 4) is 0 Å². The van der Waals surface area contributed by atoms with E-state index in [0.29, 0.717) is 19.5 Å². The maximum Gasteiger partial charge on any atom is 0.242 e. The van der Waals surface area contributed by atoms with Crippen LogP contribution in [0.3, 0.4) is 0 Å². The average Bonchev–Trinajstić information content (AvgIpc) is 2.61. The quantitative estimate of drug-likeness (QED) is 0.810. The smallest absolute Gasteiger partial charge is 0.242 e. The molecule has 136 valence electrons. The van der Waals surface area contributed by atoms with Crippen LogP contribution in [0.25, 0.3) is 0 Å². The highest BCUT2D eigenvalue weighted by molar-refractivity contribution is 5.87. The monoisotopic (exact) mass is 346 g/mol. The third-order valence-corrected chi connectivity index (χ3v) is 4.55. The highest BCUT2D eigenvalue weighted by Gasteiger charge is 2.34. The number of carbonyl (C=O) groups is 3. The number of amides is 3. The number of hydrogen-bond donors (Lipinski definition) is 1. The van der Waals surface area contributed by atoms with Crippen molar-refractivity contribution in [1.29, 1.82) is 0 Å². The van der Waals surface area contributed by atoms with E-state index in [2.05, 4.69) is 4.90 Å². The molecule has 3 amide bonds. The molecule has 2 N–H and O–H groups in total. The molecule has 1 saturated heterocycles. The summed E-state index contributed by atoms with van der Waals surface area (Å²) in [7, 11) is 1.99. The lowest BCUT2D eigenvalue weighted by Crippen LogP contribution is -2.60. The van der Waals surface area contributed by atoms with Gasteiger partial charge < -0.3 is 20.4 Å². The fourth-order valence-corrected chi connectivity index (χ4v) is 3.07. The Bertz CT molecular complexity index is 620. The zero-order valence-electron chi connectivity index (χ0n) is 14.9. The van der Waals surface area contributed by atoms with Gasteiger partial charge in [-0.3, -0.25) is 14.4 Å². The van der Waals surface area contributed by atoms with E-state index in [0.717, 1.165) is 18.7 Å². The molecule has 25 heavy (non-hydrogen) atoms. The van der Waals surface area contributed by atoms with E-state index in [1.54, 1.807) is 4.90 Å². The van der Waals surface area contributed by atoms with Gasteiger partial charge in [0.05, 0.1) is 6.54 Å². The van der Waals surface area contributed by atoms with Crippen molar-refractivity contribution in [3.05, 3.63) is 30.3 Å². The largest absolute Gasteiger partial charge is 0.375 e. The van der Waals surface area contributed by atoms with E-state index in [4.69, 9.17) is 5.73 Å². The third kappa shape index (κ3) is 4.95. The number of carbonyl (C=O) groups excluding carboxylic acids is 3. The van der Waals surface area contributed by atoms with Crippen molar-refractivity contribution in [2.45, 2.75) is 25.8 Å². The van der Waals surface area contributed by atoms with Crippen LogP contribution in [0.2, 0.25) is 0 Å². The van der Waals surface area contributed by atoms with Crippen molar-refractivity contribution in [2.24, 2.45) is 5.73 Å². The van der Waals surface area contributed by atoms with Crippen molar-refractivity contribution < 1.29 is 14.4 Å². The Hall–Kier alpha value is -2.57. The van der Waals surface area contributed by atoms with Gasteiger partial charge >= 0.3 is 0 Å². The number of hydrogen-bond acceptors (Lipinski definition) is 4. The molecule has 1 fully saturated rings. The number of piperazine rings is 1. The molecule has 1 aromatic carbocycles. The van der Waals surface area contributed by atoms with Gasteiger partial charge in [0.15, 0.2) is 0 Å². The second kappa shape index (κ2) is 8.50. The summed E-state index contributed by atoms with van der Waals surface area (Å²) < 4.78 is 0. The van der Waals surface area contributed by atoms with Crippen LogP contribution in [0.1, 0.15) is 19.8 Å². The molecule has 1 aliphatic heterocycles. The molecule has 1 aromatic rings. The molecule has 0 saturated carbocycles. The highest BCUT2D eigenvalue weighted by Crippen LogP contribution is 2.14. The summed E-state index contributed by atoms with van der Waals surface area (Å²) >= 11 is 0. The Balaban J connectivity index is 1.83. The van der Waals surface area contributed by atoms with Crippen LogP contribution in [-0.4, -0.2) is 66.8 Å². The van der Waals surface area contributed by atoms with Crippen LogP contribution in [0.5, 0.6) is 0 Å². The number of anilines is 1. The first-order valence-corrected chi connectivity index (χ1v) is 8.50. The summed E-state index contributed by atoms with van der Waals surface area (Å²) in [5.41, 5.74) is 6.49. The molecule has 1 atom stereocenters. The predicted molar refractivity (Wildman–Crippen MR) is 95.9 cm³/mol. The Labute approximate surface area is 148 Å². The summed E-state index contributed by atoms with van der Waals surface area (Å²) in [6.07, 6.45) is 1.13. The van der Waals surface area contributed by atoms with Crippen molar-refractivity contribution in [3.63, 3.8) is 0 Å². The van der Waals surface area contributed by atoms with Gasteiger partial charge in [0.1, 0.15) is 6.04 Å². The van der Waals surface area contributed by atoms with Crippen molar-refractivity contribution >= 4 is 23.4 Å². The summed E-state index contributed by atoms with van der Waals surface area (Å²) in [6.45, 7) is 3.15. The number of rotatable bonds is 6. The lowest BCUT2D eigenvalue weighted by molar-refractivity contribution is -0.146. The van der Waals surface area contributed by atoms with Crippen LogP contribution >= 0.6 is 0 Å². The van der Waals surface area contributed by atoms with Gasteiger partial charge in [-0.05, 0) is 18.6 Å². The van der Waals surface area contributed by atoms with Crippen LogP contribution in [0, 0.1) is 0 Å².